The van der Waals surface area contributed by atoms with Crippen LogP contribution in [0.25, 0.3) is 0 Å². The van der Waals surface area contributed by atoms with E-state index in [9.17, 15) is 27.2 Å². The number of pyridine rings is 1. The number of carbonyl (C=O) groups is 2. The number of nitrogens with one attached hydrogen (secondary N) is 1. The number of anilines is 1. The van der Waals surface area contributed by atoms with E-state index in [4.69, 9.17) is 0 Å². The molecular weight excluding hydrogens is 330 g/mol. The molecule has 1 saturated heterocycles. The van der Waals surface area contributed by atoms with E-state index in [-0.39, 0.29) is 5.69 Å². The highest BCUT2D eigenvalue weighted by Crippen LogP contribution is 2.44. The van der Waals surface area contributed by atoms with Crippen molar-refractivity contribution in [3.63, 3.8) is 0 Å². The number of urea groups is 1. The molecule has 1 aromatic carbocycles. The summed E-state index contributed by atoms with van der Waals surface area (Å²) in [4.78, 5) is 28.7. The second-order valence-corrected chi connectivity index (χ2v) is 5.04. The summed E-state index contributed by atoms with van der Waals surface area (Å²) in [5.41, 5.74) is -3.97. The van der Waals surface area contributed by atoms with Crippen molar-refractivity contribution in [1.82, 2.24) is 10.3 Å². The van der Waals surface area contributed by atoms with Crippen molar-refractivity contribution < 1.29 is 27.2 Å². The summed E-state index contributed by atoms with van der Waals surface area (Å²) in [7, 11) is 0. The molecule has 0 saturated carbocycles. The number of rotatable bonds is 2. The maximum Gasteiger partial charge on any atom is 0.425 e. The van der Waals surface area contributed by atoms with Gasteiger partial charge in [0.2, 0.25) is 5.54 Å². The van der Waals surface area contributed by atoms with Gasteiger partial charge in [-0.3, -0.25) is 9.78 Å². The lowest BCUT2D eigenvalue weighted by Crippen LogP contribution is -2.55. The van der Waals surface area contributed by atoms with Gasteiger partial charge in [0.25, 0.3) is 5.91 Å². The average Bonchev–Trinajstić information content (AvgIpc) is 2.80. The summed E-state index contributed by atoms with van der Waals surface area (Å²) in [5, 5.41) is 1.70. The molecule has 1 aliphatic rings. The van der Waals surface area contributed by atoms with Crippen LogP contribution in [0.15, 0.2) is 48.8 Å². The van der Waals surface area contributed by atoms with Crippen molar-refractivity contribution in [1.29, 1.82) is 0 Å². The first-order valence-electron chi connectivity index (χ1n) is 6.67. The van der Waals surface area contributed by atoms with Gasteiger partial charge in [-0.25, -0.2) is 14.1 Å². The zero-order chi connectivity index (χ0) is 17.5. The van der Waals surface area contributed by atoms with Crippen molar-refractivity contribution >= 4 is 17.6 Å². The van der Waals surface area contributed by atoms with Crippen molar-refractivity contribution in [3.8, 4) is 0 Å². The molecule has 2 heterocycles. The van der Waals surface area contributed by atoms with E-state index < -0.39 is 35.0 Å². The second-order valence-electron chi connectivity index (χ2n) is 5.04. The quantitative estimate of drug-likeness (QED) is 0.676. The number of benzene rings is 1. The first kappa shape index (κ1) is 15.9. The molecule has 1 fully saturated rings. The van der Waals surface area contributed by atoms with Gasteiger partial charge in [-0.05, 0) is 29.8 Å². The Kier molecular flexibility index (Phi) is 3.51. The highest BCUT2D eigenvalue weighted by molar-refractivity contribution is 6.23. The Morgan fingerprint density at radius 2 is 1.75 bits per heavy atom. The van der Waals surface area contributed by atoms with Gasteiger partial charge in [-0.2, -0.15) is 13.2 Å². The minimum Gasteiger partial charge on any atom is -0.311 e. The third-order valence-electron chi connectivity index (χ3n) is 3.63. The van der Waals surface area contributed by atoms with Gasteiger partial charge in [0.1, 0.15) is 5.82 Å². The Bertz CT molecular complexity index is 793. The van der Waals surface area contributed by atoms with Crippen LogP contribution in [0.1, 0.15) is 5.56 Å². The molecule has 1 aromatic heterocycles. The fourth-order valence-corrected chi connectivity index (χ4v) is 2.50. The third kappa shape index (κ3) is 2.20. The lowest BCUT2D eigenvalue weighted by atomic mass is 9.89. The summed E-state index contributed by atoms with van der Waals surface area (Å²) in [5.74, 6) is -2.29. The molecule has 0 radical (unpaired) electrons. The predicted molar refractivity (Wildman–Crippen MR) is 74.4 cm³/mol. The number of hydrogen-bond acceptors (Lipinski definition) is 3. The molecule has 2 aromatic rings. The molecule has 9 heteroatoms. The Morgan fingerprint density at radius 3 is 2.29 bits per heavy atom. The van der Waals surface area contributed by atoms with Gasteiger partial charge >= 0.3 is 12.2 Å². The normalized spacial score (nSPS) is 21.1. The fraction of sp³-hybridized carbons (Fsp3) is 0.133. The van der Waals surface area contributed by atoms with E-state index in [2.05, 4.69) is 4.98 Å². The first-order valence-corrected chi connectivity index (χ1v) is 6.67. The molecule has 5 nitrogen and oxygen atoms in total. The number of nitrogens with zero attached hydrogens (tertiary/aromatic N) is 2. The molecule has 3 rings (SSSR count). The van der Waals surface area contributed by atoms with E-state index in [0.717, 1.165) is 30.5 Å². The van der Waals surface area contributed by atoms with Gasteiger partial charge in [0, 0.05) is 6.20 Å². The van der Waals surface area contributed by atoms with E-state index in [1.807, 2.05) is 0 Å². The van der Waals surface area contributed by atoms with Crippen LogP contribution in [0, 0.1) is 5.82 Å². The van der Waals surface area contributed by atoms with E-state index in [1.54, 1.807) is 5.32 Å². The monoisotopic (exact) mass is 339 g/mol. The topological polar surface area (TPSA) is 62.3 Å². The van der Waals surface area contributed by atoms with Crippen LogP contribution in [0.4, 0.5) is 28.0 Å². The van der Waals surface area contributed by atoms with Gasteiger partial charge in [-0.15, -0.1) is 0 Å². The minimum atomic E-state index is -5.13. The van der Waals surface area contributed by atoms with E-state index in [1.165, 1.54) is 18.3 Å². The molecule has 3 amide bonds. The molecule has 24 heavy (non-hydrogen) atoms. The molecule has 1 atom stereocenters. The second kappa shape index (κ2) is 5.29. The Morgan fingerprint density at radius 1 is 1.08 bits per heavy atom. The molecule has 1 aliphatic heterocycles. The number of halogens is 4. The molecule has 0 spiro atoms. The summed E-state index contributed by atoms with van der Waals surface area (Å²) in [6, 6.07) is 4.61. The van der Waals surface area contributed by atoms with Gasteiger partial charge in [0.15, 0.2) is 0 Å². The number of hydrogen-bond donors (Lipinski definition) is 1. The number of imide groups is 1. The van der Waals surface area contributed by atoms with Crippen molar-refractivity contribution in [2.45, 2.75) is 11.7 Å². The summed E-state index contributed by atoms with van der Waals surface area (Å²) in [6.07, 6.45) is -2.69. The summed E-state index contributed by atoms with van der Waals surface area (Å²) >= 11 is 0. The first-order chi connectivity index (χ1) is 11.3. The average molecular weight is 339 g/mol. The van der Waals surface area contributed by atoms with E-state index in [0.29, 0.717) is 4.90 Å². The molecule has 0 aliphatic carbocycles. The van der Waals surface area contributed by atoms with Crippen molar-refractivity contribution in [3.05, 3.63) is 60.2 Å². The highest BCUT2D eigenvalue weighted by atomic mass is 19.4. The van der Waals surface area contributed by atoms with Gasteiger partial charge in [-0.1, -0.05) is 12.1 Å². The van der Waals surface area contributed by atoms with Crippen molar-refractivity contribution in [2.24, 2.45) is 0 Å². The van der Waals surface area contributed by atoms with Crippen LogP contribution in [0.5, 0.6) is 0 Å². The SMILES string of the molecule is O=C1N[C@](c2ccc(F)cc2)(C(F)(F)F)C(=O)N1c1cccnc1. The highest BCUT2D eigenvalue weighted by Gasteiger charge is 2.68. The molecule has 124 valence electrons. The Balaban J connectivity index is 2.16. The number of carbonyl (C=O) groups excluding carboxylic acids is 2. The maximum atomic E-state index is 13.7. The summed E-state index contributed by atoms with van der Waals surface area (Å²) < 4.78 is 54.3. The van der Waals surface area contributed by atoms with Gasteiger partial charge < -0.3 is 5.32 Å². The maximum absolute atomic E-state index is 13.7. The van der Waals surface area contributed by atoms with Crippen LogP contribution in [-0.2, 0) is 10.3 Å². The zero-order valence-electron chi connectivity index (χ0n) is 11.8. The van der Waals surface area contributed by atoms with E-state index >= 15 is 0 Å². The number of aromatic nitrogens is 1. The molecular formula is C15H9F4N3O2. The van der Waals surface area contributed by atoms with Crippen LogP contribution < -0.4 is 10.2 Å². The van der Waals surface area contributed by atoms with Gasteiger partial charge in [0.05, 0.1) is 11.9 Å². The van der Waals surface area contributed by atoms with Crippen LogP contribution in [-0.4, -0.2) is 23.1 Å². The van der Waals surface area contributed by atoms with Crippen molar-refractivity contribution in [2.75, 3.05) is 4.90 Å². The van der Waals surface area contributed by atoms with Crippen LogP contribution >= 0.6 is 0 Å². The standard InChI is InChI=1S/C15H9F4N3O2/c16-10-5-3-9(4-6-10)14(15(17,18)19)12(23)22(13(24)21-14)11-2-1-7-20-8-11/h1-8H,(H,21,24)/t14-/m0/s1. The summed E-state index contributed by atoms with van der Waals surface area (Å²) in [6.45, 7) is 0. The molecule has 1 N–H and O–H groups in total. The molecule has 0 unspecified atom stereocenters. The Labute approximate surface area is 132 Å². The smallest absolute Gasteiger partial charge is 0.311 e. The number of amides is 3. The molecule has 0 bridgehead atoms. The lowest BCUT2D eigenvalue weighted by Gasteiger charge is -2.29. The minimum absolute atomic E-state index is 0.103. The number of alkyl halides is 3. The predicted octanol–water partition coefficient (Wildman–Crippen LogP) is 2.73. The Hall–Kier alpha value is -2.97. The fourth-order valence-electron chi connectivity index (χ4n) is 2.50. The largest absolute Gasteiger partial charge is 0.425 e. The third-order valence-corrected chi connectivity index (χ3v) is 3.63. The lowest BCUT2D eigenvalue weighted by molar-refractivity contribution is -0.195. The zero-order valence-corrected chi connectivity index (χ0v) is 11.8. The van der Waals surface area contributed by atoms with Crippen LogP contribution in [0.2, 0.25) is 0 Å². The van der Waals surface area contributed by atoms with Crippen LogP contribution in [0.3, 0.4) is 0 Å².